The van der Waals surface area contributed by atoms with Crippen molar-refractivity contribution in [2.75, 3.05) is 21.3 Å². The van der Waals surface area contributed by atoms with Crippen molar-refractivity contribution in [1.29, 1.82) is 0 Å². The van der Waals surface area contributed by atoms with Crippen molar-refractivity contribution in [3.05, 3.63) is 29.3 Å². The Morgan fingerprint density at radius 2 is 1.61 bits per heavy atom. The molecule has 0 aliphatic heterocycles. The molecule has 0 N–H and O–H groups in total. The molecule has 0 atom stereocenters. The largest absolute Gasteiger partial charge is 0.496 e. The molecule has 0 radical (unpaired) electrons. The fourth-order valence-corrected chi connectivity index (χ4v) is 2.51. The van der Waals surface area contributed by atoms with Crippen LogP contribution in [0, 0.1) is 0 Å². The van der Waals surface area contributed by atoms with Crippen LogP contribution in [0.15, 0.2) is 18.2 Å². The van der Waals surface area contributed by atoms with E-state index in [2.05, 4.69) is 4.74 Å². The van der Waals surface area contributed by atoms with Crippen molar-refractivity contribution in [3.8, 4) is 5.75 Å². The highest BCUT2D eigenvalue weighted by molar-refractivity contribution is 5.94. The van der Waals surface area contributed by atoms with E-state index in [-0.39, 0.29) is 11.9 Å². The van der Waals surface area contributed by atoms with Gasteiger partial charge in [-0.2, -0.15) is 0 Å². The van der Waals surface area contributed by atoms with Gasteiger partial charge in [-0.15, -0.1) is 0 Å². The monoisotopic (exact) mass is 322 g/mol. The average Bonchev–Trinajstić information content (AvgIpc) is 2.59. The van der Waals surface area contributed by atoms with E-state index in [0.717, 1.165) is 44.1 Å². The first-order chi connectivity index (χ1) is 11.1. The number of unbranched alkanes of at least 4 members (excludes halogenated alkanes) is 4. The summed E-state index contributed by atoms with van der Waals surface area (Å²) in [6.45, 7) is 0. The molecule has 0 aromatic heterocycles. The number of carbonyl (C=O) groups excluding carboxylic acids is 2. The molecule has 0 saturated heterocycles. The number of aryl methyl sites for hydroxylation is 1. The number of benzene rings is 1. The number of hydrogen-bond acceptors (Lipinski definition) is 5. The molecular weight excluding hydrogens is 296 g/mol. The van der Waals surface area contributed by atoms with Gasteiger partial charge in [-0.3, -0.25) is 4.79 Å². The Morgan fingerprint density at radius 1 is 0.913 bits per heavy atom. The van der Waals surface area contributed by atoms with Crippen LogP contribution in [-0.2, 0) is 20.7 Å². The molecule has 0 unspecified atom stereocenters. The molecule has 5 heteroatoms. The van der Waals surface area contributed by atoms with Gasteiger partial charge in [-0.1, -0.05) is 31.4 Å². The van der Waals surface area contributed by atoms with Crippen LogP contribution in [0.5, 0.6) is 5.75 Å². The quantitative estimate of drug-likeness (QED) is 0.487. The van der Waals surface area contributed by atoms with E-state index in [1.807, 2.05) is 12.1 Å². The third kappa shape index (κ3) is 6.30. The molecule has 0 amide bonds. The van der Waals surface area contributed by atoms with E-state index >= 15 is 0 Å². The van der Waals surface area contributed by atoms with Gasteiger partial charge in [0, 0.05) is 6.42 Å². The van der Waals surface area contributed by atoms with Gasteiger partial charge < -0.3 is 14.2 Å². The summed E-state index contributed by atoms with van der Waals surface area (Å²) >= 11 is 0. The van der Waals surface area contributed by atoms with Crippen molar-refractivity contribution in [3.63, 3.8) is 0 Å². The average molecular weight is 322 g/mol. The van der Waals surface area contributed by atoms with E-state index in [4.69, 9.17) is 9.47 Å². The highest BCUT2D eigenvalue weighted by Crippen LogP contribution is 2.24. The van der Waals surface area contributed by atoms with Gasteiger partial charge in [-0.25, -0.2) is 4.79 Å². The molecule has 0 aliphatic rings. The lowest BCUT2D eigenvalue weighted by atomic mass is 9.99. The van der Waals surface area contributed by atoms with Gasteiger partial charge in [0.25, 0.3) is 0 Å². The minimum atomic E-state index is -0.365. The lowest BCUT2D eigenvalue weighted by Gasteiger charge is -2.12. The third-order valence-electron chi connectivity index (χ3n) is 3.78. The fourth-order valence-electron chi connectivity index (χ4n) is 2.51. The zero-order valence-corrected chi connectivity index (χ0v) is 14.2. The topological polar surface area (TPSA) is 61.8 Å². The number of ether oxygens (including phenoxy) is 3. The first kappa shape index (κ1) is 19.0. The Morgan fingerprint density at radius 3 is 2.26 bits per heavy atom. The second-order valence-corrected chi connectivity index (χ2v) is 5.33. The van der Waals surface area contributed by atoms with Crippen LogP contribution in [-0.4, -0.2) is 33.3 Å². The summed E-state index contributed by atoms with van der Waals surface area (Å²) in [5.74, 6) is 0.0343. The molecule has 1 rings (SSSR count). The zero-order valence-electron chi connectivity index (χ0n) is 14.2. The second-order valence-electron chi connectivity index (χ2n) is 5.33. The maximum absolute atomic E-state index is 11.9. The van der Waals surface area contributed by atoms with Crippen molar-refractivity contribution in [2.45, 2.75) is 44.9 Å². The highest BCUT2D eigenvalue weighted by atomic mass is 16.5. The molecular formula is C18H26O5. The summed E-state index contributed by atoms with van der Waals surface area (Å²) in [6, 6.07) is 5.59. The van der Waals surface area contributed by atoms with E-state index in [0.29, 0.717) is 17.7 Å². The molecule has 0 aliphatic carbocycles. The molecule has 0 fully saturated rings. The molecule has 23 heavy (non-hydrogen) atoms. The van der Waals surface area contributed by atoms with Crippen LogP contribution in [0.25, 0.3) is 0 Å². The Balaban J connectivity index is 2.43. The number of esters is 2. The number of rotatable bonds is 10. The van der Waals surface area contributed by atoms with Crippen LogP contribution < -0.4 is 4.74 Å². The SMILES string of the molecule is COC(=O)CCCCCCCc1cccc(OC)c1C(=O)OC. The molecule has 0 saturated carbocycles. The Labute approximate surface area is 137 Å². The predicted octanol–water partition coefficient (Wildman–Crippen LogP) is 3.54. The van der Waals surface area contributed by atoms with Crippen molar-refractivity contribution < 1.29 is 23.8 Å². The van der Waals surface area contributed by atoms with E-state index in [9.17, 15) is 9.59 Å². The maximum Gasteiger partial charge on any atom is 0.341 e. The highest BCUT2D eigenvalue weighted by Gasteiger charge is 2.17. The lowest BCUT2D eigenvalue weighted by Crippen LogP contribution is -2.08. The first-order valence-corrected chi connectivity index (χ1v) is 7.95. The van der Waals surface area contributed by atoms with E-state index in [1.165, 1.54) is 14.2 Å². The summed E-state index contributed by atoms with van der Waals surface area (Å²) in [5.41, 5.74) is 1.47. The normalized spacial score (nSPS) is 10.2. The predicted molar refractivity (Wildman–Crippen MR) is 87.8 cm³/mol. The van der Waals surface area contributed by atoms with Crippen LogP contribution in [0.2, 0.25) is 0 Å². The Bertz CT molecular complexity index is 510. The van der Waals surface area contributed by atoms with Crippen LogP contribution in [0.4, 0.5) is 0 Å². The van der Waals surface area contributed by atoms with Crippen LogP contribution in [0.3, 0.4) is 0 Å². The van der Waals surface area contributed by atoms with E-state index < -0.39 is 0 Å². The molecule has 5 nitrogen and oxygen atoms in total. The number of carbonyl (C=O) groups is 2. The van der Waals surface area contributed by atoms with Crippen molar-refractivity contribution >= 4 is 11.9 Å². The summed E-state index contributed by atoms with van der Waals surface area (Å²) in [6.07, 6.45) is 6.26. The van der Waals surface area contributed by atoms with Gasteiger partial charge in [-0.05, 0) is 30.9 Å². The summed E-state index contributed by atoms with van der Waals surface area (Å²) in [4.78, 5) is 22.9. The standard InChI is InChI=1S/C18H26O5/c1-21-15-12-9-11-14(17(15)18(20)23-3)10-7-5-4-6-8-13-16(19)22-2/h9,11-12H,4-8,10,13H2,1-3H3. The minimum absolute atomic E-state index is 0.149. The maximum atomic E-state index is 11.9. The first-order valence-electron chi connectivity index (χ1n) is 7.95. The smallest absolute Gasteiger partial charge is 0.341 e. The number of hydrogen-bond donors (Lipinski definition) is 0. The summed E-state index contributed by atoms with van der Waals surface area (Å²) in [5, 5.41) is 0. The Kier molecular flexibility index (Phi) is 8.80. The van der Waals surface area contributed by atoms with E-state index in [1.54, 1.807) is 13.2 Å². The van der Waals surface area contributed by atoms with Gasteiger partial charge in [0.15, 0.2) is 0 Å². The van der Waals surface area contributed by atoms with Crippen LogP contribution in [0.1, 0.15) is 54.4 Å². The van der Waals surface area contributed by atoms with Gasteiger partial charge in [0.1, 0.15) is 11.3 Å². The molecule has 128 valence electrons. The van der Waals surface area contributed by atoms with Gasteiger partial charge in [0.2, 0.25) is 0 Å². The summed E-state index contributed by atoms with van der Waals surface area (Å²) in [7, 11) is 4.34. The van der Waals surface area contributed by atoms with Crippen molar-refractivity contribution in [1.82, 2.24) is 0 Å². The fraction of sp³-hybridized carbons (Fsp3) is 0.556. The minimum Gasteiger partial charge on any atom is -0.496 e. The molecule has 1 aromatic carbocycles. The van der Waals surface area contributed by atoms with Crippen molar-refractivity contribution in [2.24, 2.45) is 0 Å². The zero-order chi connectivity index (χ0) is 17.1. The lowest BCUT2D eigenvalue weighted by molar-refractivity contribution is -0.140. The second kappa shape index (κ2) is 10.6. The third-order valence-corrected chi connectivity index (χ3v) is 3.78. The van der Waals surface area contributed by atoms with Gasteiger partial charge >= 0.3 is 11.9 Å². The molecule has 0 spiro atoms. The number of methoxy groups -OCH3 is 3. The molecule has 0 heterocycles. The Hall–Kier alpha value is -2.04. The summed E-state index contributed by atoms with van der Waals surface area (Å²) < 4.78 is 14.7. The molecule has 1 aromatic rings. The van der Waals surface area contributed by atoms with Crippen LogP contribution >= 0.6 is 0 Å². The van der Waals surface area contributed by atoms with Gasteiger partial charge in [0.05, 0.1) is 21.3 Å². The molecule has 0 bridgehead atoms.